The number of aromatic hydroxyl groups is 1. The number of hydrogen-bond acceptors (Lipinski definition) is 5. The maximum atomic E-state index is 14.2. The molecule has 3 atom stereocenters. The standard InChI is InChI=1S/C32H33FN4O4/c1-19(16-35(2)17-20-7-5-4-6-8-20)36-18-29(39)37-26(32(36)40)15-24-23-11-10-22(33)14-25(23)34-30(24)31(37)21-9-12-27(38)28(13-21)41-3/h4-14,19,26,31,34,38H,15-18H2,1-3H3. The first-order valence-electron chi connectivity index (χ1n) is 13.8. The van der Waals surface area contributed by atoms with Gasteiger partial charge in [-0.15, -0.1) is 0 Å². The first-order chi connectivity index (χ1) is 19.7. The lowest BCUT2D eigenvalue weighted by atomic mass is 9.85. The van der Waals surface area contributed by atoms with Crippen LogP contribution < -0.4 is 4.74 Å². The highest BCUT2D eigenvalue weighted by atomic mass is 19.1. The fourth-order valence-electron chi connectivity index (χ4n) is 6.41. The van der Waals surface area contributed by atoms with Crippen LogP contribution >= 0.6 is 0 Å². The van der Waals surface area contributed by atoms with Crippen molar-refractivity contribution < 1.29 is 23.8 Å². The zero-order chi connectivity index (χ0) is 28.8. The second-order valence-corrected chi connectivity index (χ2v) is 11.1. The molecule has 8 nitrogen and oxygen atoms in total. The Bertz CT molecular complexity index is 1620. The van der Waals surface area contributed by atoms with Gasteiger partial charge in [0, 0.05) is 42.1 Å². The van der Waals surface area contributed by atoms with Crippen molar-refractivity contribution in [2.24, 2.45) is 0 Å². The summed E-state index contributed by atoms with van der Waals surface area (Å²) >= 11 is 0. The van der Waals surface area contributed by atoms with E-state index in [9.17, 15) is 19.1 Å². The third-order valence-electron chi connectivity index (χ3n) is 8.27. The number of carbonyl (C=O) groups is 2. The Balaban J connectivity index is 1.36. The zero-order valence-corrected chi connectivity index (χ0v) is 23.3. The van der Waals surface area contributed by atoms with E-state index in [-0.39, 0.29) is 41.7 Å². The molecule has 2 aliphatic heterocycles. The van der Waals surface area contributed by atoms with E-state index in [0.29, 0.717) is 24.0 Å². The number of halogens is 1. The Morgan fingerprint density at radius 3 is 2.66 bits per heavy atom. The number of methoxy groups -OCH3 is 1. The molecule has 2 amide bonds. The molecule has 3 aromatic carbocycles. The second kappa shape index (κ2) is 10.6. The van der Waals surface area contributed by atoms with E-state index in [4.69, 9.17) is 4.74 Å². The molecule has 3 heterocycles. The molecule has 212 valence electrons. The molecule has 0 aliphatic carbocycles. The van der Waals surface area contributed by atoms with Crippen LogP contribution in [0.25, 0.3) is 10.9 Å². The summed E-state index contributed by atoms with van der Waals surface area (Å²) in [5, 5.41) is 11.1. The fraction of sp³-hybridized carbons (Fsp3) is 0.312. The van der Waals surface area contributed by atoms with Gasteiger partial charge in [-0.25, -0.2) is 4.39 Å². The van der Waals surface area contributed by atoms with Crippen LogP contribution in [-0.4, -0.2) is 75.9 Å². The molecule has 0 bridgehead atoms. The molecule has 3 unspecified atom stereocenters. The van der Waals surface area contributed by atoms with Crippen LogP contribution in [0.1, 0.15) is 35.3 Å². The van der Waals surface area contributed by atoms with Gasteiger partial charge in [-0.05, 0) is 61.0 Å². The number of aromatic amines is 1. The number of nitrogens with zero attached hydrogens (tertiary/aromatic N) is 3. The van der Waals surface area contributed by atoms with Gasteiger partial charge in [0.15, 0.2) is 11.5 Å². The maximum Gasteiger partial charge on any atom is 0.246 e. The SMILES string of the molecule is COc1cc(C2c3[nH]c4cc(F)ccc4c3CC3C(=O)N(C(C)CN(C)Cc4ccccc4)CC(=O)N32)ccc1O. The topological polar surface area (TPSA) is 89.1 Å². The highest BCUT2D eigenvalue weighted by Crippen LogP contribution is 2.44. The van der Waals surface area contributed by atoms with Crippen molar-refractivity contribution in [3.8, 4) is 11.5 Å². The second-order valence-electron chi connectivity index (χ2n) is 11.1. The van der Waals surface area contributed by atoms with Crippen LogP contribution in [0.15, 0.2) is 66.7 Å². The van der Waals surface area contributed by atoms with Gasteiger partial charge in [0.1, 0.15) is 18.4 Å². The number of amides is 2. The molecular formula is C32H33FN4O4. The summed E-state index contributed by atoms with van der Waals surface area (Å²) in [5.41, 5.74) is 4.09. The average molecular weight is 557 g/mol. The molecule has 9 heteroatoms. The van der Waals surface area contributed by atoms with E-state index in [1.54, 1.807) is 28.0 Å². The average Bonchev–Trinajstić information content (AvgIpc) is 3.31. The Kier molecular flexibility index (Phi) is 6.91. The Hall–Kier alpha value is -4.37. The lowest BCUT2D eigenvalue weighted by molar-refractivity contribution is -0.160. The third kappa shape index (κ3) is 4.80. The number of aromatic nitrogens is 1. The Morgan fingerprint density at radius 2 is 1.90 bits per heavy atom. The first kappa shape index (κ1) is 26.8. The number of piperazine rings is 1. The highest BCUT2D eigenvalue weighted by Gasteiger charge is 2.49. The Labute approximate surface area is 237 Å². The smallest absolute Gasteiger partial charge is 0.246 e. The van der Waals surface area contributed by atoms with E-state index in [0.717, 1.165) is 23.2 Å². The van der Waals surface area contributed by atoms with Crippen LogP contribution in [0, 0.1) is 5.82 Å². The van der Waals surface area contributed by atoms with Crippen LogP contribution in [0.5, 0.6) is 11.5 Å². The molecule has 4 aromatic rings. The predicted octanol–water partition coefficient (Wildman–Crippen LogP) is 4.23. The summed E-state index contributed by atoms with van der Waals surface area (Å²) in [7, 11) is 3.47. The van der Waals surface area contributed by atoms with Gasteiger partial charge in [-0.1, -0.05) is 36.4 Å². The number of fused-ring (bicyclic) bond motifs is 4. The summed E-state index contributed by atoms with van der Waals surface area (Å²) < 4.78 is 19.5. The van der Waals surface area contributed by atoms with Crippen molar-refractivity contribution in [2.75, 3.05) is 27.2 Å². The van der Waals surface area contributed by atoms with Crippen LogP contribution in [0.2, 0.25) is 0 Å². The molecule has 0 radical (unpaired) electrons. The zero-order valence-electron chi connectivity index (χ0n) is 23.3. The van der Waals surface area contributed by atoms with E-state index in [1.165, 1.54) is 30.9 Å². The summed E-state index contributed by atoms with van der Waals surface area (Å²) in [4.78, 5) is 36.9. The van der Waals surface area contributed by atoms with Crippen molar-refractivity contribution in [3.63, 3.8) is 0 Å². The number of H-pyrrole nitrogens is 1. The summed E-state index contributed by atoms with van der Waals surface area (Å²) in [6.07, 6.45) is 0.320. The van der Waals surface area contributed by atoms with Crippen molar-refractivity contribution in [2.45, 2.75) is 38.0 Å². The van der Waals surface area contributed by atoms with Crippen LogP contribution in [0.4, 0.5) is 4.39 Å². The van der Waals surface area contributed by atoms with Crippen LogP contribution in [0.3, 0.4) is 0 Å². The van der Waals surface area contributed by atoms with E-state index in [1.807, 2.05) is 32.2 Å². The number of benzene rings is 3. The lowest BCUT2D eigenvalue weighted by Crippen LogP contribution is -2.65. The molecule has 1 saturated heterocycles. The molecular weight excluding hydrogens is 523 g/mol. The number of phenolic OH excluding ortho intramolecular Hbond substituents is 1. The van der Waals surface area contributed by atoms with E-state index < -0.39 is 12.1 Å². The van der Waals surface area contributed by atoms with Gasteiger partial charge in [-0.3, -0.25) is 9.59 Å². The number of hydrogen-bond donors (Lipinski definition) is 2. The molecule has 6 rings (SSSR count). The summed E-state index contributed by atoms with van der Waals surface area (Å²) in [5.74, 6) is -0.407. The number of phenols is 1. The number of carbonyl (C=O) groups excluding carboxylic acids is 2. The lowest BCUT2D eigenvalue weighted by Gasteiger charge is -2.48. The number of likely N-dealkylation sites (N-methyl/N-ethyl adjacent to an activating group) is 1. The maximum absolute atomic E-state index is 14.2. The minimum Gasteiger partial charge on any atom is -0.504 e. The van der Waals surface area contributed by atoms with Gasteiger partial charge >= 0.3 is 0 Å². The van der Waals surface area contributed by atoms with Gasteiger partial charge in [0.25, 0.3) is 0 Å². The molecule has 41 heavy (non-hydrogen) atoms. The van der Waals surface area contributed by atoms with Crippen molar-refractivity contribution >= 4 is 22.7 Å². The normalized spacial score (nSPS) is 19.4. The molecule has 2 N–H and O–H groups in total. The summed E-state index contributed by atoms with van der Waals surface area (Å²) in [6.45, 7) is 3.28. The van der Waals surface area contributed by atoms with Crippen molar-refractivity contribution in [3.05, 3.63) is 94.9 Å². The van der Waals surface area contributed by atoms with Gasteiger partial charge in [0.2, 0.25) is 11.8 Å². The molecule has 1 aromatic heterocycles. The van der Waals surface area contributed by atoms with Crippen molar-refractivity contribution in [1.82, 2.24) is 19.7 Å². The number of rotatable bonds is 7. The predicted molar refractivity (Wildman–Crippen MR) is 153 cm³/mol. The molecule has 0 spiro atoms. The number of ether oxygens (including phenoxy) is 1. The summed E-state index contributed by atoms with van der Waals surface area (Å²) in [6, 6.07) is 18.1. The minimum absolute atomic E-state index is 0.0248. The van der Waals surface area contributed by atoms with Gasteiger partial charge in [-0.2, -0.15) is 0 Å². The molecule has 2 aliphatic rings. The third-order valence-corrected chi connectivity index (χ3v) is 8.27. The molecule has 1 fully saturated rings. The van der Waals surface area contributed by atoms with Crippen LogP contribution in [-0.2, 0) is 22.6 Å². The Morgan fingerprint density at radius 1 is 1.12 bits per heavy atom. The van der Waals surface area contributed by atoms with Crippen molar-refractivity contribution in [1.29, 1.82) is 0 Å². The minimum atomic E-state index is -0.723. The number of nitrogens with one attached hydrogen (secondary N) is 1. The van der Waals surface area contributed by atoms with E-state index >= 15 is 0 Å². The monoisotopic (exact) mass is 556 g/mol. The fourth-order valence-corrected chi connectivity index (χ4v) is 6.41. The largest absolute Gasteiger partial charge is 0.504 e. The van der Waals surface area contributed by atoms with E-state index in [2.05, 4.69) is 22.0 Å². The first-order valence-corrected chi connectivity index (χ1v) is 13.8. The molecule has 0 saturated carbocycles. The van der Waals surface area contributed by atoms with Gasteiger partial charge in [0.05, 0.1) is 13.2 Å². The highest BCUT2D eigenvalue weighted by molar-refractivity contribution is 5.98. The quantitative estimate of drug-likeness (QED) is 0.356. The van der Waals surface area contributed by atoms with Gasteiger partial charge < -0.3 is 29.5 Å².